The second-order valence-electron chi connectivity index (χ2n) is 3.94. The van der Waals surface area contributed by atoms with E-state index in [1.807, 2.05) is 0 Å². The van der Waals surface area contributed by atoms with E-state index in [0.717, 1.165) is 12.1 Å². The largest absolute Gasteiger partial charge is 0.303 e. The van der Waals surface area contributed by atoms with Crippen molar-refractivity contribution in [1.29, 1.82) is 0 Å². The van der Waals surface area contributed by atoms with Gasteiger partial charge in [-0.25, -0.2) is 0 Å². The first-order chi connectivity index (χ1) is 5.31. The van der Waals surface area contributed by atoms with Crippen LogP contribution in [0.5, 0.6) is 0 Å². The normalized spacial score (nSPS) is 39.8. The van der Waals surface area contributed by atoms with Crippen LogP contribution in [0.2, 0.25) is 0 Å². The Kier molecular flexibility index (Phi) is 1.90. The summed E-state index contributed by atoms with van der Waals surface area (Å²) in [7, 11) is 2.25. The van der Waals surface area contributed by atoms with Crippen LogP contribution in [0.3, 0.4) is 0 Å². The predicted octanol–water partition coefficient (Wildman–Crippen LogP) is 0.785. The Morgan fingerprint density at radius 3 is 2.18 bits per heavy atom. The van der Waals surface area contributed by atoms with E-state index in [0.29, 0.717) is 0 Å². The summed E-state index contributed by atoms with van der Waals surface area (Å²) in [5.74, 6) is 0. The lowest BCUT2D eigenvalue weighted by Crippen LogP contribution is -2.51. The third-order valence-electron chi connectivity index (χ3n) is 3.18. The van der Waals surface area contributed by atoms with Gasteiger partial charge >= 0.3 is 0 Å². The molecule has 2 heterocycles. The second kappa shape index (κ2) is 2.76. The molecule has 2 atom stereocenters. The first-order valence-electron chi connectivity index (χ1n) is 4.75. The number of likely N-dealkylation sites (N-methyl/N-ethyl adjacent to an activating group) is 2. The molecular weight excluding hydrogens is 136 g/mol. The van der Waals surface area contributed by atoms with Crippen molar-refractivity contribution >= 4 is 0 Å². The van der Waals surface area contributed by atoms with Crippen LogP contribution >= 0.6 is 0 Å². The predicted molar refractivity (Wildman–Crippen MR) is 46.7 cm³/mol. The molecule has 2 fully saturated rings. The molecule has 11 heavy (non-hydrogen) atoms. The summed E-state index contributed by atoms with van der Waals surface area (Å²) >= 11 is 0. The van der Waals surface area contributed by atoms with E-state index in [4.69, 9.17) is 0 Å². The van der Waals surface area contributed by atoms with Gasteiger partial charge in [-0.3, -0.25) is 4.90 Å². The van der Waals surface area contributed by atoms with Crippen LogP contribution in [0.4, 0.5) is 0 Å². The number of nitrogens with zero attached hydrogens (tertiary/aromatic N) is 2. The lowest BCUT2D eigenvalue weighted by atomic mass is 10.2. The highest BCUT2D eigenvalue weighted by atomic mass is 15.3. The molecule has 0 aromatic rings. The molecule has 2 aliphatic heterocycles. The second-order valence-corrected chi connectivity index (χ2v) is 3.94. The maximum atomic E-state index is 2.68. The molecule has 0 aliphatic carbocycles. The number of hydrogen-bond donors (Lipinski definition) is 0. The molecule has 0 spiro atoms. The number of piperazine rings is 1. The van der Waals surface area contributed by atoms with Crippen molar-refractivity contribution in [2.75, 3.05) is 26.7 Å². The van der Waals surface area contributed by atoms with Crippen LogP contribution in [0.1, 0.15) is 19.8 Å². The number of rotatable bonds is 1. The third kappa shape index (κ3) is 1.18. The SMILES string of the molecule is CCN1C2CCC1CN(C)C2. The van der Waals surface area contributed by atoms with E-state index in [-0.39, 0.29) is 0 Å². The molecule has 0 radical (unpaired) electrons. The third-order valence-corrected chi connectivity index (χ3v) is 3.18. The zero-order chi connectivity index (χ0) is 7.84. The summed E-state index contributed by atoms with van der Waals surface area (Å²) < 4.78 is 0. The van der Waals surface area contributed by atoms with Gasteiger partial charge in [0.25, 0.3) is 0 Å². The Bertz CT molecular complexity index is 132. The van der Waals surface area contributed by atoms with Gasteiger partial charge in [0.05, 0.1) is 0 Å². The Balaban J connectivity index is 2.06. The van der Waals surface area contributed by atoms with Gasteiger partial charge in [0.1, 0.15) is 0 Å². The summed E-state index contributed by atoms with van der Waals surface area (Å²) in [4.78, 5) is 5.16. The van der Waals surface area contributed by atoms with Crippen LogP contribution in [0.15, 0.2) is 0 Å². The fourth-order valence-electron chi connectivity index (χ4n) is 2.72. The van der Waals surface area contributed by atoms with Crippen LogP contribution in [0, 0.1) is 0 Å². The Morgan fingerprint density at radius 2 is 1.73 bits per heavy atom. The van der Waals surface area contributed by atoms with E-state index in [1.165, 1.54) is 32.5 Å². The van der Waals surface area contributed by atoms with Crippen molar-refractivity contribution in [3.63, 3.8) is 0 Å². The summed E-state index contributed by atoms with van der Waals surface area (Å²) in [5.41, 5.74) is 0. The van der Waals surface area contributed by atoms with E-state index in [2.05, 4.69) is 23.8 Å². The molecule has 0 aromatic heterocycles. The molecule has 2 nitrogen and oxygen atoms in total. The molecule has 2 saturated heterocycles. The monoisotopic (exact) mass is 154 g/mol. The molecule has 2 rings (SSSR count). The molecule has 0 saturated carbocycles. The van der Waals surface area contributed by atoms with E-state index in [1.54, 1.807) is 0 Å². The van der Waals surface area contributed by atoms with E-state index in [9.17, 15) is 0 Å². The van der Waals surface area contributed by atoms with Gasteiger partial charge in [-0.1, -0.05) is 6.92 Å². The molecule has 64 valence electrons. The summed E-state index contributed by atoms with van der Waals surface area (Å²) in [6.45, 7) is 6.13. The van der Waals surface area contributed by atoms with Crippen LogP contribution in [-0.2, 0) is 0 Å². The summed E-state index contributed by atoms with van der Waals surface area (Å²) in [6, 6.07) is 1.76. The van der Waals surface area contributed by atoms with Crippen molar-refractivity contribution in [2.45, 2.75) is 31.8 Å². The van der Waals surface area contributed by atoms with Crippen LogP contribution in [0.25, 0.3) is 0 Å². The quantitative estimate of drug-likeness (QED) is 0.551. The molecular formula is C9H18N2. The van der Waals surface area contributed by atoms with Gasteiger partial charge in [-0.05, 0) is 26.4 Å². The Labute approximate surface area is 69.2 Å². The average molecular weight is 154 g/mol. The molecule has 0 amide bonds. The van der Waals surface area contributed by atoms with E-state index < -0.39 is 0 Å². The molecule has 0 aromatic carbocycles. The fourth-order valence-corrected chi connectivity index (χ4v) is 2.72. The first kappa shape index (κ1) is 7.56. The minimum Gasteiger partial charge on any atom is -0.303 e. The highest BCUT2D eigenvalue weighted by Gasteiger charge is 2.37. The zero-order valence-electron chi connectivity index (χ0n) is 7.58. The topological polar surface area (TPSA) is 6.48 Å². The Morgan fingerprint density at radius 1 is 1.18 bits per heavy atom. The van der Waals surface area contributed by atoms with Crippen molar-refractivity contribution < 1.29 is 0 Å². The maximum Gasteiger partial charge on any atom is 0.0227 e. The molecule has 2 heteroatoms. The number of likely N-dealkylation sites (tertiary alicyclic amines) is 1. The van der Waals surface area contributed by atoms with Gasteiger partial charge in [-0.2, -0.15) is 0 Å². The minimum absolute atomic E-state index is 0.878. The van der Waals surface area contributed by atoms with Gasteiger partial charge in [0.15, 0.2) is 0 Å². The van der Waals surface area contributed by atoms with Gasteiger partial charge < -0.3 is 4.90 Å². The van der Waals surface area contributed by atoms with Crippen molar-refractivity contribution in [3.8, 4) is 0 Å². The van der Waals surface area contributed by atoms with Crippen LogP contribution < -0.4 is 0 Å². The van der Waals surface area contributed by atoms with Gasteiger partial charge in [-0.15, -0.1) is 0 Å². The van der Waals surface area contributed by atoms with Gasteiger partial charge in [0, 0.05) is 25.2 Å². The number of fused-ring (bicyclic) bond motifs is 2. The summed E-state index contributed by atoms with van der Waals surface area (Å²) in [6.07, 6.45) is 2.87. The van der Waals surface area contributed by atoms with Crippen molar-refractivity contribution in [1.82, 2.24) is 9.80 Å². The van der Waals surface area contributed by atoms with E-state index >= 15 is 0 Å². The van der Waals surface area contributed by atoms with Crippen molar-refractivity contribution in [3.05, 3.63) is 0 Å². The van der Waals surface area contributed by atoms with Gasteiger partial charge in [0.2, 0.25) is 0 Å². The lowest BCUT2D eigenvalue weighted by Gasteiger charge is -2.38. The highest BCUT2D eigenvalue weighted by Crippen LogP contribution is 2.28. The molecule has 2 unspecified atom stereocenters. The average Bonchev–Trinajstić information content (AvgIpc) is 2.23. The molecule has 2 bridgehead atoms. The minimum atomic E-state index is 0.878. The van der Waals surface area contributed by atoms with Crippen LogP contribution in [-0.4, -0.2) is 48.6 Å². The molecule has 0 N–H and O–H groups in total. The fraction of sp³-hybridized carbons (Fsp3) is 1.00. The summed E-state index contributed by atoms with van der Waals surface area (Å²) in [5, 5.41) is 0. The van der Waals surface area contributed by atoms with Crippen molar-refractivity contribution in [2.24, 2.45) is 0 Å². The molecule has 2 aliphatic rings. The maximum absolute atomic E-state index is 2.68. The standard InChI is InChI=1S/C9H18N2/c1-3-11-8-4-5-9(11)7-10(2)6-8/h8-9H,3-7H2,1-2H3. The smallest absolute Gasteiger partial charge is 0.0227 e. The highest BCUT2D eigenvalue weighted by molar-refractivity contribution is 4.94. The Hall–Kier alpha value is -0.0800. The number of hydrogen-bond acceptors (Lipinski definition) is 2. The first-order valence-corrected chi connectivity index (χ1v) is 4.75. The lowest BCUT2D eigenvalue weighted by molar-refractivity contribution is 0.0878. The zero-order valence-corrected chi connectivity index (χ0v) is 7.58.